The summed E-state index contributed by atoms with van der Waals surface area (Å²) in [5.41, 5.74) is 0.576. The predicted octanol–water partition coefficient (Wildman–Crippen LogP) is 8.84. The Morgan fingerprint density at radius 3 is 1.59 bits per heavy atom. The van der Waals surface area contributed by atoms with Gasteiger partial charge in [0.2, 0.25) is 0 Å². The molecule has 0 unspecified atom stereocenters. The molecule has 280 valence electrons. The van der Waals surface area contributed by atoms with Crippen LogP contribution in [0.5, 0.6) is 0 Å². The Morgan fingerprint density at radius 2 is 1.18 bits per heavy atom. The molecule has 51 heavy (non-hydrogen) atoms. The Hall–Kier alpha value is -1.89. The number of rotatable bonds is 3. The lowest BCUT2D eigenvalue weighted by molar-refractivity contribution is 0.0208. The zero-order valence-electron chi connectivity index (χ0n) is 29.3. The Morgan fingerprint density at radius 1 is 0.725 bits per heavy atom. The average molecular weight is 938 g/mol. The van der Waals surface area contributed by atoms with E-state index in [1.165, 1.54) is 11.3 Å². The van der Waals surface area contributed by atoms with Crippen LogP contribution in [-0.4, -0.2) is 109 Å². The van der Waals surface area contributed by atoms with Crippen LogP contribution in [0.1, 0.15) is 55.4 Å². The number of hydrogen-bond acceptors (Lipinski definition) is 12. The van der Waals surface area contributed by atoms with E-state index in [0.717, 1.165) is 0 Å². The number of nitrogens with zero attached hydrogens (tertiary/aromatic N) is 9. The molecule has 2 aliphatic rings. The smallest absolute Gasteiger partial charge is 0.410 e. The van der Waals surface area contributed by atoms with Crippen LogP contribution in [0.25, 0.3) is 10.7 Å². The maximum absolute atomic E-state index is 12.4. The van der Waals surface area contributed by atoms with E-state index >= 15 is 0 Å². The summed E-state index contributed by atoms with van der Waals surface area (Å²) in [5, 5.41) is 1.31. The molecule has 0 aromatic carbocycles. The van der Waals surface area contributed by atoms with E-state index in [9.17, 15) is 9.59 Å². The van der Waals surface area contributed by atoms with E-state index < -0.39 is 11.2 Å². The maximum atomic E-state index is 12.4. The van der Waals surface area contributed by atoms with Crippen LogP contribution in [0.2, 0.25) is 25.5 Å². The number of piperazine rings is 2. The van der Waals surface area contributed by atoms with Crippen molar-refractivity contribution in [1.29, 1.82) is 0 Å². The quantitative estimate of drug-likeness (QED) is 0.142. The Balaban J connectivity index is 0.000000233. The van der Waals surface area contributed by atoms with Crippen molar-refractivity contribution in [3.05, 3.63) is 34.8 Å². The topological polar surface area (TPSA) is 130 Å². The second kappa shape index (κ2) is 17.1. The molecule has 0 bridgehead atoms. The summed E-state index contributed by atoms with van der Waals surface area (Å²) in [7, 11) is 0. The third-order valence-electron chi connectivity index (χ3n) is 7.39. The lowest BCUT2D eigenvalue weighted by Crippen LogP contribution is -2.55. The molecule has 2 saturated heterocycles. The summed E-state index contributed by atoms with van der Waals surface area (Å²) >= 11 is 34.4. The molecular formula is C31H39Cl5IN9O4S. The standard InChI is InChI=1S/C17H20Cl3N5O2S.C14H19Cl2IN4O2/c1-9-7-24(16(26)27-17(2,3)4)5-6-25(9)15-10(18)12(19)22-14(23-15)11-13(20)21-8-28-11;1-8-7-20(13(22)23-14(2,3)4)5-6-21(8)11-9(15)10(16)18-12(17)19-11/h8-9H,5-7H2,1-4H3;8H,5-7H2,1-4H3/t9-;8-/m11/s1. The molecule has 0 radical (unpaired) electrons. The third kappa shape index (κ3) is 11.1. The highest BCUT2D eigenvalue weighted by molar-refractivity contribution is 14.1. The second-order valence-corrected chi connectivity index (χ2v) is 17.5. The second-order valence-electron chi connectivity index (χ2n) is 13.8. The number of anilines is 2. The van der Waals surface area contributed by atoms with Crippen LogP contribution in [0.4, 0.5) is 21.2 Å². The van der Waals surface area contributed by atoms with Gasteiger partial charge in [-0.05, 0) is 55.4 Å². The van der Waals surface area contributed by atoms with Crippen molar-refractivity contribution in [3.8, 4) is 10.7 Å². The van der Waals surface area contributed by atoms with Crippen LogP contribution in [0.3, 0.4) is 0 Å². The summed E-state index contributed by atoms with van der Waals surface area (Å²) in [6.07, 6.45) is -0.631. The fourth-order valence-corrected chi connectivity index (χ4v) is 7.44. The zero-order chi connectivity index (χ0) is 38.0. The fraction of sp³-hybridized carbons (Fsp3) is 0.581. The monoisotopic (exact) mass is 935 g/mol. The molecule has 0 N–H and O–H groups in total. The lowest BCUT2D eigenvalue weighted by Gasteiger charge is -2.41. The van der Waals surface area contributed by atoms with Gasteiger partial charge in [0, 0.05) is 73.9 Å². The van der Waals surface area contributed by atoms with Crippen molar-refractivity contribution in [2.75, 3.05) is 49.1 Å². The van der Waals surface area contributed by atoms with E-state index in [1.807, 2.05) is 87.8 Å². The summed E-state index contributed by atoms with van der Waals surface area (Å²) in [4.78, 5) is 53.9. The lowest BCUT2D eigenvalue weighted by atomic mass is 10.2. The minimum absolute atomic E-state index is 0.0375. The van der Waals surface area contributed by atoms with Crippen molar-refractivity contribution in [3.63, 3.8) is 0 Å². The van der Waals surface area contributed by atoms with E-state index in [4.69, 9.17) is 67.5 Å². The molecule has 13 nitrogen and oxygen atoms in total. The number of amides is 2. The first kappa shape index (κ1) is 41.9. The number of aromatic nitrogens is 5. The summed E-state index contributed by atoms with van der Waals surface area (Å²) < 4.78 is 11.4. The van der Waals surface area contributed by atoms with Crippen molar-refractivity contribution >= 4 is 116 Å². The molecule has 0 spiro atoms. The highest BCUT2D eigenvalue weighted by Gasteiger charge is 2.34. The molecule has 2 atom stereocenters. The van der Waals surface area contributed by atoms with Crippen molar-refractivity contribution in [1.82, 2.24) is 34.7 Å². The van der Waals surface area contributed by atoms with E-state index in [-0.39, 0.29) is 39.6 Å². The van der Waals surface area contributed by atoms with Gasteiger partial charge in [-0.3, -0.25) is 0 Å². The zero-order valence-corrected chi connectivity index (χ0v) is 36.1. The fourth-order valence-electron chi connectivity index (χ4n) is 5.18. The molecule has 5 rings (SSSR count). The third-order valence-corrected chi connectivity index (χ3v) is 10.5. The van der Waals surface area contributed by atoms with Gasteiger partial charge in [0.05, 0.1) is 5.51 Å². The average Bonchev–Trinajstić information content (AvgIpc) is 3.45. The normalized spacial score (nSPS) is 18.3. The van der Waals surface area contributed by atoms with Gasteiger partial charge >= 0.3 is 12.2 Å². The minimum atomic E-state index is -0.538. The molecule has 3 aromatic rings. The van der Waals surface area contributed by atoms with Crippen molar-refractivity contribution < 1.29 is 19.1 Å². The predicted molar refractivity (Wildman–Crippen MR) is 212 cm³/mol. The van der Waals surface area contributed by atoms with Crippen LogP contribution in [-0.2, 0) is 9.47 Å². The molecule has 2 aliphatic heterocycles. The molecular weight excluding hydrogens is 899 g/mol. The van der Waals surface area contributed by atoms with E-state index in [2.05, 4.69) is 24.9 Å². The highest BCUT2D eigenvalue weighted by atomic mass is 127. The van der Waals surface area contributed by atoms with Gasteiger partial charge in [0.25, 0.3) is 0 Å². The van der Waals surface area contributed by atoms with Crippen molar-refractivity contribution in [2.45, 2.75) is 78.7 Å². The Labute approximate surface area is 340 Å². The van der Waals surface area contributed by atoms with Gasteiger partial charge < -0.3 is 29.1 Å². The molecule has 2 amide bonds. The van der Waals surface area contributed by atoms with Gasteiger partial charge in [0.15, 0.2) is 36.8 Å². The molecule has 3 aromatic heterocycles. The summed E-state index contributed by atoms with van der Waals surface area (Å²) in [5.74, 6) is 1.49. The molecule has 5 heterocycles. The van der Waals surface area contributed by atoms with Crippen LogP contribution < -0.4 is 9.80 Å². The Bertz CT molecular complexity index is 1740. The first-order valence-electron chi connectivity index (χ1n) is 15.8. The van der Waals surface area contributed by atoms with Gasteiger partial charge in [-0.15, -0.1) is 11.3 Å². The number of carbonyl (C=O) groups excluding carboxylic acids is 2. The van der Waals surface area contributed by atoms with E-state index in [0.29, 0.717) is 75.6 Å². The van der Waals surface area contributed by atoms with Gasteiger partial charge in [0.1, 0.15) is 26.1 Å². The number of ether oxygens (including phenoxy) is 2. The molecule has 20 heteroatoms. The highest BCUT2D eigenvalue weighted by Crippen LogP contribution is 2.37. The molecule has 0 saturated carbocycles. The van der Waals surface area contributed by atoms with Gasteiger partial charge in [-0.2, -0.15) is 0 Å². The first-order chi connectivity index (χ1) is 23.6. The van der Waals surface area contributed by atoms with Crippen LogP contribution in [0.15, 0.2) is 5.51 Å². The number of thiazole rings is 1. The summed E-state index contributed by atoms with van der Waals surface area (Å²) in [6, 6.07) is -0.00921. The number of halogens is 6. The summed E-state index contributed by atoms with van der Waals surface area (Å²) in [6.45, 7) is 18.3. The largest absolute Gasteiger partial charge is 0.444 e. The number of carbonyl (C=O) groups is 2. The van der Waals surface area contributed by atoms with Gasteiger partial charge in [-0.1, -0.05) is 58.0 Å². The minimum Gasteiger partial charge on any atom is -0.444 e. The Kier molecular flexibility index (Phi) is 14.0. The van der Waals surface area contributed by atoms with Crippen LogP contribution in [0, 0.1) is 3.83 Å². The molecule has 0 aliphatic carbocycles. The first-order valence-corrected chi connectivity index (χ1v) is 19.7. The van der Waals surface area contributed by atoms with Gasteiger partial charge in [-0.25, -0.2) is 34.5 Å². The molecule has 2 fully saturated rings. The van der Waals surface area contributed by atoms with Crippen LogP contribution >= 0.6 is 91.9 Å². The SMILES string of the molecule is C[C@@H]1CN(C(=O)OC(C)(C)C)CCN1c1nc(-c2scnc2Cl)nc(Cl)c1Cl.C[C@@H]1CN(C(=O)OC(C)(C)C)CCN1c1nc(I)nc(Cl)c1Cl. The maximum Gasteiger partial charge on any atom is 0.410 e. The van der Waals surface area contributed by atoms with Crippen molar-refractivity contribution in [2.24, 2.45) is 0 Å². The van der Waals surface area contributed by atoms with E-state index in [1.54, 1.807) is 15.3 Å². The number of hydrogen-bond donors (Lipinski definition) is 0.